The molecule has 0 bridgehead atoms. The van der Waals surface area contributed by atoms with Crippen LogP contribution in [0.1, 0.15) is 5.56 Å². The van der Waals surface area contributed by atoms with Crippen molar-refractivity contribution in [3.63, 3.8) is 0 Å². The van der Waals surface area contributed by atoms with E-state index in [9.17, 15) is 4.79 Å². The van der Waals surface area contributed by atoms with Gasteiger partial charge >= 0.3 is 5.69 Å². The van der Waals surface area contributed by atoms with Gasteiger partial charge in [0.15, 0.2) is 0 Å². The summed E-state index contributed by atoms with van der Waals surface area (Å²) in [5.74, 6) is 0.678. The molecule has 2 rings (SSSR count). The summed E-state index contributed by atoms with van der Waals surface area (Å²) in [4.78, 5) is 16.2. The summed E-state index contributed by atoms with van der Waals surface area (Å²) in [5, 5.41) is 0.637. The Balaban J connectivity index is 2.63. The first-order valence-corrected chi connectivity index (χ1v) is 5.12. The van der Waals surface area contributed by atoms with Crippen LogP contribution in [0.4, 0.5) is 0 Å². The van der Waals surface area contributed by atoms with Crippen LogP contribution >= 0.6 is 11.6 Å². The summed E-state index contributed by atoms with van der Waals surface area (Å²) in [6.45, 7) is 1.90. The van der Waals surface area contributed by atoms with E-state index in [2.05, 4.69) is 9.97 Å². The van der Waals surface area contributed by atoms with E-state index in [-0.39, 0.29) is 5.69 Å². The van der Waals surface area contributed by atoms with Gasteiger partial charge in [-0.25, -0.2) is 4.79 Å². The molecule has 1 aromatic heterocycles. The Hall–Kier alpha value is -1.68. The SMILES string of the molecule is COc1cc(C)c(Cl)cc1-c1c[nH]c(=O)[nH]1. The fourth-order valence-corrected chi connectivity index (χ4v) is 1.68. The average Bonchev–Trinajstić information content (AvgIpc) is 2.68. The van der Waals surface area contributed by atoms with Crippen molar-refractivity contribution in [2.75, 3.05) is 7.11 Å². The highest BCUT2D eigenvalue weighted by Crippen LogP contribution is 2.32. The number of hydrogen-bond donors (Lipinski definition) is 2. The van der Waals surface area contributed by atoms with Crippen LogP contribution in [-0.2, 0) is 0 Å². The largest absolute Gasteiger partial charge is 0.496 e. The maximum Gasteiger partial charge on any atom is 0.323 e. The monoisotopic (exact) mass is 238 g/mol. The lowest BCUT2D eigenvalue weighted by Crippen LogP contribution is -2.00. The molecule has 2 N–H and O–H groups in total. The third-order valence-corrected chi connectivity index (χ3v) is 2.77. The molecule has 0 spiro atoms. The van der Waals surface area contributed by atoms with E-state index >= 15 is 0 Å². The second kappa shape index (κ2) is 4.06. The molecule has 0 aliphatic rings. The lowest BCUT2D eigenvalue weighted by atomic mass is 10.1. The molecule has 4 nitrogen and oxygen atoms in total. The minimum atomic E-state index is -0.256. The minimum Gasteiger partial charge on any atom is -0.496 e. The molecule has 0 unspecified atom stereocenters. The lowest BCUT2D eigenvalue weighted by molar-refractivity contribution is 0.416. The topological polar surface area (TPSA) is 57.9 Å². The summed E-state index contributed by atoms with van der Waals surface area (Å²) >= 11 is 6.04. The molecule has 1 heterocycles. The molecule has 0 saturated carbocycles. The Morgan fingerprint density at radius 3 is 2.69 bits per heavy atom. The Morgan fingerprint density at radius 2 is 2.12 bits per heavy atom. The molecular formula is C11H11ClN2O2. The summed E-state index contributed by atoms with van der Waals surface area (Å²) in [6.07, 6.45) is 1.59. The first kappa shape index (κ1) is 10.8. The Labute approximate surface area is 97.2 Å². The van der Waals surface area contributed by atoms with Gasteiger partial charge < -0.3 is 14.7 Å². The molecule has 84 valence electrons. The lowest BCUT2D eigenvalue weighted by Gasteiger charge is -2.09. The fraction of sp³-hybridized carbons (Fsp3) is 0.182. The molecule has 0 amide bonds. The van der Waals surface area contributed by atoms with E-state index in [1.54, 1.807) is 19.4 Å². The van der Waals surface area contributed by atoms with E-state index in [1.807, 2.05) is 13.0 Å². The maximum absolute atomic E-state index is 11.0. The second-order valence-electron chi connectivity index (χ2n) is 3.46. The van der Waals surface area contributed by atoms with Gasteiger partial charge in [-0.15, -0.1) is 0 Å². The first-order valence-electron chi connectivity index (χ1n) is 4.74. The van der Waals surface area contributed by atoms with E-state index in [0.717, 1.165) is 11.1 Å². The van der Waals surface area contributed by atoms with Crippen molar-refractivity contribution in [2.45, 2.75) is 6.92 Å². The summed E-state index contributed by atoms with van der Waals surface area (Å²) in [6, 6.07) is 3.61. The molecule has 16 heavy (non-hydrogen) atoms. The van der Waals surface area contributed by atoms with Crippen LogP contribution < -0.4 is 10.4 Å². The number of benzene rings is 1. The number of aromatic nitrogens is 2. The van der Waals surface area contributed by atoms with E-state index < -0.39 is 0 Å². The van der Waals surface area contributed by atoms with Gasteiger partial charge in [0.05, 0.1) is 12.8 Å². The second-order valence-corrected chi connectivity index (χ2v) is 3.87. The van der Waals surface area contributed by atoms with Crippen molar-refractivity contribution in [2.24, 2.45) is 0 Å². The van der Waals surface area contributed by atoms with Crippen molar-refractivity contribution < 1.29 is 4.74 Å². The zero-order valence-corrected chi connectivity index (χ0v) is 9.68. The highest BCUT2D eigenvalue weighted by atomic mass is 35.5. The van der Waals surface area contributed by atoms with E-state index in [1.165, 1.54) is 0 Å². The van der Waals surface area contributed by atoms with Crippen LogP contribution in [0.5, 0.6) is 5.75 Å². The number of ether oxygens (including phenoxy) is 1. The van der Waals surface area contributed by atoms with Crippen molar-refractivity contribution in [1.29, 1.82) is 0 Å². The standard InChI is InChI=1S/C11H11ClN2O2/c1-6-3-10(16-2)7(4-8(6)12)9-5-13-11(15)14-9/h3-5H,1-2H3,(H2,13,14,15). The van der Waals surface area contributed by atoms with Crippen LogP contribution in [0.15, 0.2) is 23.1 Å². The molecule has 0 aliphatic carbocycles. The molecular weight excluding hydrogens is 228 g/mol. The number of hydrogen-bond acceptors (Lipinski definition) is 2. The Bertz CT molecular complexity index is 572. The number of methoxy groups -OCH3 is 1. The predicted molar refractivity (Wildman–Crippen MR) is 63.1 cm³/mol. The minimum absolute atomic E-state index is 0.256. The highest BCUT2D eigenvalue weighted by molar-refractivity contribution is 6.31. The zero-order valence-electron chi connectivity index (χ0n) is 8.93. The Kier molecular flexibility index (Phi) is 2.75. The van der Waals surface area contributed by atoms with Crippen LogP contribution in [0.3, 0.4) is 0 Å². The number of aryl methyl sites for hydroxylation is 1. The summed E-state index contributed by atoms with van der Waals surface area (Å²) in [5.41, 5.74) is 2.09. The molecule has 2 aromatic rings. The number of rotatable bonds is 2. The predicted octanol–water partition coefficient (Wildman–Crippen LogP) is 2.34. The van der Waals surface area contributed by atoms with E-state index in [0.29, 0.717) is 16.5 Å². The van der Waals surface area contributed by atoms with Crippen LogP contribution in [0.2, 0.25) is 5.02 Å². The van der Waals surface area contributed by atoms with Gasteiger partial charge in [0.1, 0.15) is 5.75 Å². The zero-order chi connectivity index (χ0) is 11.7. The molecule has 1 aromatic carbocycles. The molecule has 0 radical (unpaired) electrons. The number of halogens is 1. The molecule has 0 fully saturated rings. The third kappa shape index (κ3) is 1.84. The quantitative estimate of drug-likeness (QED) is 0.844. The van der Waals surface area contributed by atoms with Gasteiger partial charge in [0.25, 0.3) is 0 Å². The fourth-order valence-electron chi connectivity index (χ4n) is 1.51. The van der Waals surface area contributed by atoms with Crippen LogP contribution in [0.25, 0.3) is 11.3 Å². The summed E-state index contributed by atoms with van der Waals surface area (Å²) in [7, 11) is 1.58. The smallest absolute Gasteiger partial charge is 0.323 e. The number of imidazole rings is 1. The van der Waals surface area contributed by atoms with Crippen molar-refractivity contribution in [3.05, 3.63) is 39.4 Å². The molecule has 5 heteroatoms. The number of aromatic amines is 2. The third-order valence-electron chi connectivity index (χ3n) is 2.37. The highest BCUT2D eigenvalue weighted by Gasteiger charge is 2.10. The number of H-pyrrole nitrogens is 2. The van der Waals surface area contributed by atoms with Gasteiger partial charge in [0.2, 0.25) is 0 Å². The van der Waals surface area contributed by atoms with Crippen molar-refractivity contribution >= 4 is 11.6 Å². The van der Waals surface area contributed by atoms with Crippen LogP contribution in [-0.4, -0.2) is 17.1 Å². The van der Waals surface area contributed by atoms with Gasteiger partial charge in [-0.3, -0.25) is 0 Å². The van der Waals surface area contributed by atoms with Crippen molar-refractivity contribution in [1.82, 2.24) is 9.97 Å². The van der Waals surface area contributed by atoms with E-state index in [4.69, 9.17) is 16.3 Å². The maximum atomic E-state index is 11.0. The summed E-state index contributed by atoms with van der Waals surface area (Å²) < 4.78 is 5.25. The van der Waals surface area contributed by atoms with Gasteiger partial charge in [-0.2, -0.15) is 0 Å². The average molecular weight is 239 g/mol. The first-order chi connectivity index (χ1) is 7.61. The van der Waals surface area contributed by atoms with Gasteiger partial charge in [0, 0.05) is 16.8 Å². The van der Waals surface area contributed by atoms with Gasteiger partial charge in [-0.05, 0) is 24.6 Å². The van der Waals surface area contributed by atoms with Crippen LogP contribution in [0, 0.1) is 6.92 Å². The number of nitrogens with one attached hydrogen (secondary N) is 2. The molecule has 0 atom stereocenters. The molecule has 0 saturated heterocycles. The Morgan fingerprint density at radius 1 is 1.38 bits per heavy atom. The molecule has 0 aliphatic heterocycles. The van der Waals surface area contributed by atoms with Gasteiger partial charge in [-0.1, -0.05) is 11.6 Å². The normalized spacial score (nSPS) is 10.4. The van der Waals surface area contributed by atoms with Crippen molar-refractivity contribution in [3.8, 4) is 17.0 Å².